The molecule has 80 heavy (non-hydrogen) atoms. The van der Waals surface area contributed by atoms with Gasteiger partial charge in [0, 0.05) is 19.3 Å². The van der Waals surface area contributed by atoms with E-state index in [1.165, 1.54) is 83.5 Å². The molecule has 0 spiro atoms. The highest BCUT2D eigenvalue weighted by molar-refractivity contribution is 5.71. The fourth-order valence-corrected chi connectivity index (χ4v) is 8.48. The maximum Gasteiger partial charge on any atom is 0.306 e. The first-order valence-corrected chi connectivity index (χ1v) is 32.5. The van der Waals surface area contributed by atoms with Crippen LogP contribution in [-0.2, 0) is 28.6 Å². The van der Waals surface area contributed by atoms with Gasteiger partial charge in [-0.1, -0.05) is 281 Å². The zero-order valence-electron chi connectivity index (χ0n) is 51.5. The van der Waals surface area contributed by atoms with Crippen LogP contribution in [0.5, 0.6) is 0 Å². The van der Waals surface area contributed by atoms with Crippen LogP contribution in [0.25, 0.3) is 0 Å². The lowest BCUT2D eigenvalue weighted by Gasteiger charge is -2.18. The smallest absolute Gasteiger partial charge is 0.306 e. The van der Waals surface area contributed by atoms with E-state index in [9.17, 15) is 14.4 Å². The standard InChI is InChI=1S/C74H118O6/c1-4-7-10-13-16-19-22-24-26-28-30-32-33-34-35-36-37-38-39-40-41-43-44-46-48-50-52-55-58-61-64-67-73(76)79-70-71(69-78-72(75)66-63-60-57-54-21-18-15-12-9-6-3)80-74(77)68-65-62-59-56-53-51-49-47-45-42-31-29-27-25-23-20-17-14-11-8-5-2/h7-8,10-11,16-17,19-20,24-27,30-32,34-35,37-38,40-42,47,49,53,56,71H,4-6,9,12-15,18,21-23,28-29,33,36,39,43-46,48,50-52,54-55,57-70H2,1-3H3/b10-7-,11-8-,19-16-,20-17-,26-24-,27-25-,32-30-,35-34-,38-37-,41-40-,42-31-,49-47-,56-53-. The van der Waals surface area contributed by atoms with E-state index in [-0.39, 0.29) is 37.5 Å². The van der Waals surface area contributed by atoms with Crippen molar-refractivity contribution in [1.82, 2.24) is 0 Å². The van der Waals surface area contributed by atoms with Gasteiger partial charge in [0.25, 0.3) is 0 Å². The average Bonchev–Trinajstić information content (AvgIpc) is 3.46. The van der Waals surface area contributed by atoms with E-state index in [1.54, 1.807) is 0 Å². The van der Waals surface area contributed by atoms with Gasteiger partial charge < -0.3 is 14.2 Å². The van der Waals surface area contributed by atoms with Crippen LogP contribution in [-0.4, -0.2) is 37.2 Å². The Hall–Kier alpha value is -4.97. The molecule has 6 heteroatoms. The van der Waals surface area contributed by atoms with Crippen LogP contribution in [0.15, 0.2) is 158 Å². The van der Waals surface area contributed by atoms with Gasteiger partial charge in [-0.15, -0.1) is 0 Å². The molecule has 0 aliphatic carbocycles. The summed E-state index contributed by atoms with van der Waals surface area (Å²) in [6.07, 6.45) is 96.9. The van der Waals surface area contributed by atoms with Crippen LogP contribution in [0, 0.1) is 0 Å². The van der Waals surface area contributed by atoms with Crippen molar-refractivity contribution in [3.8, 4) is 0 Å². The molecule has 0 fully saturated rings. The van der Waals surface area contributed by atoms with Gasteiger partial charge in [0.15, 0.2) is 6.10 Å². The van der Waals surface area contributed by atoms with Gasteiger partial charge in [0.1, 0.15) is 13.2 Å². The minimum atomic E-state index is -0.809. The van der Waals surface area contributed by atoms with E-state index in [0.717, 1.165) is 141 Å². The molecule has 6 nitrogen and oxygen atoms in total. The van der Waals surface area contributed by atoms with Crippen molar-refractivity contribution < 1.29 is 28.6 Å². The Kier molecular flexibility index (Phi) is 62.4. The summed E-state index contributed by atoms with van der Waals surface area (Å²) >= 11 is 0. The second kappa shape index (κ2) is 66.5. The topological polar surface area (TPSA) is 78.9 Å². The van der Waals surface area contributed by atoms with Crippen molar-refractivity contribution in [2.75, 3.05) is 13.2 Å². The molecule has 0 saturated heterocycles. The van der Waals surface area contributed by atoms with Gasteiger partial charge >= 0.3 is 17.9 Å². The maximum atomic E-state index is 12.9. The molecule has 0 heterocycles. The van der Waals surface area contributed by atoms with Crippen LogP contribution in [0.4, 0.5) is 0 Å². The lowest BCUT2D eigenvalue weighted by atomic mass is 10.1. The molecule has 0 amide bonds. The fraction of sp³-hybridized carbons (Fsp3) is 0.608. The fourth-order valence-electron chi connectivity index (χ4n) is 8.48. The molecule has 0 aromatic heterocycles. The van der Waals surface area contributed by atoms with E-state index < -0.39 is 6.10 Å². The first-order valence-electron chi connectivity index (χ1n) is 32.5. The first-order chi connectivity index (χ1) is 39.5. The quantitative estimate of drug-likeness (QED) is 0.0261. The molecule has 1 unspecified atom stereocenters. The highest BCUT2D eigenvalue weighted by atomic mass is 16.6. The number of carbonyl (C=O) groups excluding carboxylic acids is 3. The average molecular weight is 1100 g/mol. The summed E-state index contributed by atoms with van der Waals surface area (Å²) in [5, 5.41) is 0. The van der Waals surface area contributed by atoms with E-state index in [1.807, 2.05) is 0 Å². The minimum Gasteiger partial charge on any atom is -0.462 e. The predicted molar refractivity (Wildman–Crippen MR) is 348 cm³/mol. The number of esters is 3. The summed E-state index contributed by atoms with van der Waals surface area (Å²) < 4.78 is 16.8. The number of hydrogen-bond donors (Lipinski definition) is 0. The van der Waals surface area contributed by atoms with Crippen LogP contribution >= 0.6 is 0 Å². The Morgan fingerprint density at radius 2 is 0.487 bits per heavy atom. The lowest BCUT2D eigenvalue weighted by Crippen LogP contribution is -2.30. The van der Waals surface area contributed by atoms with Crippen LogP contribution < -0.4 is 0 Å². The van der Waals surface area contributed by atoms with Gasteiger partial charge in [0.2, 0.25) is 0 Å². The molecule has 0 N–H and O–H groups in total. The number of hydrogen-bond acceptors (Lipinski definition) is 6. The highest BCUT2D eigenvalue weighted by Crippen LogP contribution is 2.15. The number of unbranched alkanes of at least 4 members (excludes halogenated alkanes) is 20. The molecule has 0 aliphatic rings. The van der Waals surface area contributed by atoms with Gasteiger partial charge in [-0.2, -0.15) is 0 Å². The molecule has 0 radical (unpaired) electrons. The van der Waals surface area contributed by atoms with Gasteiger partial charge in [-0.3, -0.25) is 14.4 Å². The highest BCUT2D eigenvalue weighted by Gasteiger charge is 2.19. The van der Waals surface area contributed by atoms with Crippen molar-refractivity contribution in [2.45, 2.75) is 277 Å². The molecule has 0 bridgehead atoms. The van der Waals surface area contributed by atoms with E-state index in [0.29, 0.717) is 19.3 Å². The van der Waals surface area contributed by atoms with Crippen LogP contribution in [0.3, 0.4) is 0 Å². The van der Waals surface area contributed by atoms with Crippen molar-refractivity contribution in [3.63, 3.8) is 0 Å². The van der Waals surface area contributed by atoms with Gasteiger partial charge in [-0.05, 0) is 128 Å². The minimum absolute atomic E-state index is 0.101. The van der Waals surface area contributed by atoms with E-state index in [2.05, 4.69) is 179 Å². The predicted octanol–water partition coefficient (Wildman–Crippen LogP) is 22.5. The number of rotatable bonds is 57. The number of carbonyl (C=O) groups is 3. The SMILES string of the molecule is CC/C=C\C/C=C\C/C=C\C/C=C\C/C=C\C/C=C\C/C=C\CCCCCCCCCCCC(=O)OCC(COC(=O)CCCCCCCCCCCC)OC(=O)CCCC/C=C\C/C=C\C/C=C\C/C=C\C/C=C\C/C=C\CC. The molecule has 0 aromatic rings. The monoisotopic (exact) mass is 1100 g/mol. The normalized spacial score (nSPS) is 13.2. The largest absolute Gasteiger partial charge is 0.462 e. The second-order valence-corrected chi connectivity index (χ2v) is 20.9. The molecular formula is C74H118O6. The van der Waals surface area contributed by atoms with E-state index in [4.69, 9.17) is 14.2 Å². The Bertz CT molecular complexity index is 1790. The van der Waals surface area contributed by atoms with Crippen LogP contribution in [0.2, 0.25) is 0 Å². The summed E-state index contributed by atoms with van der Waals surface area (Å²) in [6.45, 7) is 6.36. The molecule has 0 rings (SSSR count). The van der Waals surface area contributed by atoms with Crippen molar-refractivity contribution >= 4 is 17.9 Å². The Morgan fingerprint density at radius 1 is 0.263 bits per heavy atom. The molecular weight excluding hydrogens is 985 g/mol. The second-order valence-electron chi connectivity index (χ2n) is 20.9. The Morgan fingerprint density at radius 3 is 0.787 bits per heavy atom. The van der Waals surface area contributed by atoms with Crippen LogP contribution in [0.1, 0.15) is 271 Å². The molecule has 0 aromatic carbocycles. The zero-order chi connectivity index (χ0) is 57.8. The maximum absolute atomic E-state index is 12.9. The van der Waals surface area contributed by atoms with Crippen molar-refractivity contribution in [2.24, 2.45) is 0 Å². The summed E-state index contributed by atoms with van der Waals surface area (Å²) in [5.41, 5.74) is 0. The molecule has 450 valence electrons. The summed E-state index contributed by atoms with van der Waals surface area (Å²) in [7, 11) is 0. The Labute approximate surface area is 492 Å². The first kappa shape index (κ1) is 75.0. The molecule has 1 atom stereocenters. The summed E-state index contributed by atoms with van der Waals surface area (Å²) in [4.78, 5) is 38.2. The number of ether oxygens (including phenoxy) is 3. The zero-order valence-corrected chi connectivity index (χ0v) is 51.5. The van der Waals surface area contributed by atoms with Gasteiger partial charge in [-0.25, -0.2) is 0 Å². The third kappa shape index (κ3) is 63.9. The molecule has 0 saturated carbocycles. The summed E-state index contributed by atoms with van der Waals surface area (Å²) in [5.74, 6) is -0.955. The Balaban J connectivity index is 4.33. The van der Waals surface area contributed by atoms with Crippen molar-refractivity contribution in [3.05, 3.63) is 158 Å². The lowest BCUT2D eigenvalue weighted by molar-refractivity contribution is -0.167. The third-order valence-electron chi connectivity index (χ3n) is 13.3. The third-order valence-corrected chi connectivity index (χ3v) is 13.3. The molecule has 0 aliphatic heterocycles. The van der Waals surface area contributed by atoms with Gasteiger partial charge in [0.05, 0.1) is 0 Å². The summed E-state index contributed by atoms with van der Waals surface area (Å²) in [6, 6.07) is 0. The van der Waals surface area contributed by atoms with E-state index >= 15 is 0 Å². The van der Waals surface area contributed by atoms with Crippen molar-refractivity contribution in [1.29, 1.82) is 0 Å². The number of allylic oxidation sites excluding steroid dienone is 26.